The number of benzene rings is 1. The van der Waals surface area contributed by atoms with Crippen LogP contribution in [-0.2, 0) is 19.2 Å². The number of halogens is 1. The topological polar surface area (TPSA) is 72.9 Å². The minimum Gasteiger partial charge on any atom is -0.443 e. The van der Waals surface area contributed by atoms with Crippen molar-refractivity contribution in [3.63, 3.8) is 0 Å². The summed E-state index contributed by atoms with van der Waals surface area (Å²) in [6.07, 6.45) is -0.937. The fourth-order valence-electron chi connectivity index (χ4n) is 1.87. The molecule has 0 saturated carbocycles. The van der Waals surface area contributed by atoms with E-state index in [2.05, 4.69) is 15.9 Å². The van der Waals surface area contributed by atoms with Crippen LogP contribution in [0.15, 0.2) is 28.7 Å². The van der Waals surface area contributed by atoms with Crippen LogP contribution < -0.4 is 0 Å². The lowest BCUT2D eigenvalue weighted by atomic mass is 10.1. The largest absolute Gasteiger partial charge is 0.443 e. The maximum atomic E-state index is 12.2. The van der Waals surface area contributed by atoms with Crippen molar-refractivity contribution in [1.82, 2.24) is 4.31 Å². The number of carbonyl (C=O) groups excluding carboxylic acids is 1. The van der Waals surface area contributed by atoms with Crippen LogP contribution in [0.3, 0.4) is 0 Å². The lowest BCUT2D eigenvalue weighted by molar-refractivity contribution is 0.0356. The van der Waals surface area contributed by atoms with E-state index in [1.807, 2.05) is 0 Å². The molecule has 0 spiro atoms. The number of ether oxygens (including phenoxy) is 1. The van der Waals surface area contributed by atoms with Crippen LogP contribution in [-0.4, -0.2) is 31.0 Å². The van der Waals surface area contributed by atoms with Gasteiger partial charge < -0.3 is 4.74 Å². The number of nitrogens with zero attached hydrogens (tertiary/aromatic N) is 1. The Morgan fingerprint density at radius 1 is 1.33 bits per heavy atom. The number of hydrogen-bond donors (Lipinski definition) is 0. The molecular weight excluding hydrogens is 362 g/mol. The van der Waals surface area contributed by atoms with E-state index in [1.165, 1.54) is 0 Å². The predicted octanol–water partition coefficient (Wildman–Crippen LogP) is 3.00. The Kier molecular flexibility index (Phi) is 4.32. The van der Waals surface area contributed by atoms with Gasteiger partial charge in [0.2, 0.25) is 0 Å². The van der Waals surface area contributed by atoms with E-state index in [1.54, 1.807) is 45.0 Å². The van der Waals surface area contributed by atoms with Crippen molar-refractivity contribution in [1.29, 1.82) is 0 Å². The molecule has 1 aliphatic rings. The van der Waals surface area contributed by atoms with Crippen LogP contribution in [0.1, 0.15) is 32.4 Å². The zero-order chi connectivity index (χ0) is 15.8. The predicted molar refractivity (Wildman–Crippen MR) is 79.8 cm³/mol. The first kappa shape index (κ1) is 16.3. The first-order valence-corrected chi connectivity index (χ1v) is 8.43. The van der Waals surface area contributed by atoms with E-state index < -0.39 is 28.0 Å². The SMILES string of the molecule is CC(C)(C)OC(=O)N1[C@@H](c2ccc(Br)cc2)COS1(=O)=O. The minimum absolute atomic E-state index is 0.122. The van der Waals surface area contributed by atoms with Crippen molar-refractivity contribution in [2.24, 2.45) is 0 Å². The summed E-state index contributed by atoms with van der Waals surface area (Å²) in [6.45, 7) is 4.89. The molecule has 0 unspecified atom stereocenters. The zero-order valence-corrected chi connectivity index (χ0v) is 14.3. The maximum absolute atomic E-state index is 12.2. The van der Waals surface area contributed by atoms with Crippen LogP contribution in [0, 0.1) is 0 Å². The van der Waals surface area contributed by atoms with Crippen LogP contribution in [0.2, 0.25) is 0 Å². The van der Waals surface area contributed by atoms with Gasteiger partial charge in [-0.3, -0.25) is 4.18 Å². The molecule has 6 nitrogen and oxygen atoms in total. The van der Waals surface area contributed by atoms with E-state index in [4.69, 9.17) is 8.92 Å². The maximum Gasteiger partial charge on any atom is 0.426 e. The molecule has 1 aliphatic heterocycles. The second-order valence-electron chi connectivity index (χ2n) is 5.59. The molecule has 21 heavy (non-hydrogen) atoms. The molecular formula is C13H16BrNO5S. The van der Waals surface area contributed by atoms with Crippen LogP contribution in [0.25, 0.3) is 0 Å². The van der Waals surface area contributed by atoms with Gasteiger partial charge >= 0.3 is 16.4 Å². The summed E-state index contributed by atoms with van der Waals surface area (Å²) in [4.78, 5) is 12.2. The highest BCUT2D eigenvalue weighted by Crippen LogP contribution is 2.33. The van der Waals surface area contributed by atoms with E-state index in [0.717, 1.165) is 4.47 Å². The van der Waals surface area contributed by atoms with Gasteiger partial charge in [-0.25, -0.2) is 4.79 Å². The van der Waals surface area contributed by atoms with Gasteiger partial charge in [0, 0.05) is 4.47 Å². The lowest BCUT2D eigenvalue weighted by Gasteiger charge is -2.26. The number of hydrogen-bond acceptors (Lipinski definition) is 5. The Labute approximate surface area is 132 Å². The van der Waals surface area contributed by atoms with Crippen molar-refractivity contribution in [3.05, 3.63) is 34.3 Å². The second-order valence-corrected chi connectivity index (χ2v) is 7.99. The molecule has 8 heteroatoms. The molecule has 0 radical (unpaired) electrons. The Balaban J connectivity index is 2.33. The standard InChI is InChI=1S/C13H16BrNO5S/c1-13(2,3)20-12(16)15-11(8-19-21(15,17)18)9-4-6-10(14)7-5-9/h4-7,11H,8H2,1-3H3/t11-/m1/s1. The van der Waals surface area contributed by atoms with Gasteiger partial charge in [0.05, 0.1) is 6.61 Å². The molecule has 2 rings (SSSR count). The molecule has 1 amide bonds. The summed E-state index contributed by atoms with van der Waals surface area (Å²) >= 11 is 3.31. The van der Waals surface area contributed by atoms with Gasteiger partial charge in [0.1, 0.15) is 11.6 Å². The van der Waals surface area contributed by atoms with Gasteiger partial charge in [-0.05, 0) is 38.5 Å². The van der Waals surface area contributed by atoms with Crippen LogP contribution >= 0.6 is 15.9 Å². The molecule has 1 aromatic rings. The molecule has 0 aliphatic carbocycles. The first-order valence-electron chi connectivity index (χ1n) is 6.27. The number of rotatable bonds is 1. The lowest BCUT2D eigenvalue weighted by Crippen LogP contribution is -2.39. The fraction of sp³-hybridized carbons (Fsp3) is 0.462. The van der Waals surface area contributed by atoms with Gasteiger partial charge in [0.25, 0.3) is 0 Å². The Morgan fingerprint density at radius 2 is 1.90 bits per heavy atom. The quantitative estimate of drug-likeness (QED) is 0.751. The minimum atomic E-state index is -4.12. The zero-order valence-electron chi connectivity index (χ0n) is 11.9. The second kappa shape index (κ2) is 5.58. The highest BCUT2D eigenvalue weighted by molar-refractivity contribution is 9.10. The molecule has 0 bridgehead atoms. The molecule has 0 aromatic heterocycles. The number of amides is 1. The van der Waals surface area contributed by atoms with Crippen molar-refractivity contribution in [2.45, 2.75) is 32.4 Å². The molecule has 116 valence electrons. The van der Waals surface area contributed by atoms with E-state index in [0.29, 0.717) is 9.87 Å². The third-order valence-electron chi connectivity index (χ3n) is 2.73. The fourth-order valence-corrected chi connectivity index (χ4v) is 3.27. The van der Waals surface area contributed by atoms with E-state index in [-0.39, 0.29) is 6.61 Å². The van der Waals surface area contributed by atoms with Gasteiger partial charge in [0.15, 0.2) is 0 Å². The highest BCUT2D eigenvalue weighted by atomic mass is 79.9. The molecule has 0 N–H and O–H groups in total. The Bertz CT molecular complexity index is 636. The van der Waals surface area contributed by atoms with Crippen molar-refractivity contribution >= 4 is 32.3 Å². The van der Waals surface area contributed by atoms with E-state index >= 15 is 0 Å². The van der Waals surface area contributed by atoms with Crippen LogP contribution in [0.4, 0.5) is 4.79 Å². The monoisotopic (exact) mass is 377 g/mol. The average molecular weight is 378 g/mol. The van der Waals surface area contributed by atoms with Gasteiger partial charge in [-0.2, -0.15) is 12.7 Å². The summed E-state index contributed by atoms with van der Waals surface area (Å²) in [5.41, 5.74) is -0.135. The average Bonchev–Trinajstić information content (AvgIpc) is 2.64. The molecule has 1 aromatic carbocycles. The third-order valence-corrected chi connectivity index (χ3v) is 4.58. The first-order chi connectivity index (χ1) is 9.60. The normalized spacial score (nSPS) is 21.3. The summed E-state index contributed by atoms with van der Waals surface area (Å²) in [6, 6.07) is 6.28. The smallest absolute Gasteiger partial charge is 0.426 e. The summed E-state index contributed by atoms with van der Waals surface area (Å²) in [5, 5.41) is 0. The highest BCUT2D eigenvalue weighted by Gasteiger charge is 2.45. The van der Waals surface area contributed by atoms with Crippen molar-refractivity contribution < 1.29 is 22.1 Å². The molecule has 1 heterocycles. The summed E-state index contributed by atoms with van der Waals surface area (Å²) in [7, 11) is -4.12. The van der Waals surface area contributed by atoms with Gasteiger partial charge in [-0.15, -0.1) is 0 Å². The summed E-state index contributed by atoms with van der Waals surface area (Å²) < 4.78 is 35.3. The molecule has 1 atom stereocenters. The number of carbonyl (C=O) groups is 1. The van der Waals surface area contributed by atoms with Crippen molar-refractivity contribution in [3.8, 4) is 0 Å². The third kappa shape index (κ3) is 3.75. The summed E-state index contributed by atoms with van der Waals surface area (Å²) in [5.74, 6) is 0. The van der Waals surface area contributed by atoms with Gasteiger partial charge in [-0.1, -0.05) is 28.1 Å². The Hall–Kier alpha value is -1.12. The van der Waals surface area contributed by atoms with E-state index in [9.17, 15) is 13.2 Å². The van der Waals surface area contributed by atoms with Crippen molar-refractivity contribution in [2.75, 3.05) is 6.61 Å². The van der Waals surface area contributed by atoms with Crippen LogP contribution in [0.5, 0.6) is 0 Å². The molecule has 1 fully saturated rings. The molecule has 1 saturated heterocycles. The Morgan fingerprint density at radius 3 is 2.43 bits per heavy atom.